The zero-order chi connectivity index (χ0) is 16.0. The van der Waals surface area contributed by atoms with Crippen molar-refractivity contribution >= 4 is 24.3 Å². The number of allylic oxidation sites excluding steroid dienone is 2. The fourth-order valence-electron chi connectivity index (χ4n) is 1.35. The maximum Gasteiger partial charge on any atom is 0.0891 e. The fraction of sp³-hybridized carbons (Fsp3) is 0.333. The van der Waals surface area contributed by atoms with Gasteiger partial charge in [-0.05, 0) is 38.2 Å². The molecule has 0 spiro atoms. The molecule has 1 aromatic rings. The lowest BCUT2D eigenvalue weighted by Crippen LogP contribution is -1.99. The highest BCUT2D eigenvalue weighted by molar-refractivity contribution is 5.65. The predicted molar refractivity (Wildman–Crippen MR) is 94.3 cm³/mol. The third kappa shape index (κ3) is 6.28. The summed E-state index contributed by atoms with van der Waals surface area (Å²) in [6, 6.07) is 0. The molecule has 110 valence electrons. The van der Waals surface area contributed by atoms with Crippen molar-refractivity contribution in [3.05, 3.63) is 48.1 Å². The smallest absolute Gasteiger partial charge is 0.0891 e. The van der Waals surface area contributed by atoms with Gasteiger partial charge >= 0.3 is 0 Å². The molecule has 0 aliphatic rings. The SMILES string of the molecule is C=Cc1nc(/C=C\C)c(C=C)nc1/C=C\C.CC.CC. The molecule has 0 aliphatic carbocycles. The molecule has 1 aromatic heterocycles. The molecule has 0 fully saturated rings. The van der Waals surface area contributed by atoms with E-state index in [4.69, 9.17) is 0 Å². The molecule has 2 nitrogen and oxygen atoms in total. The Balaban J connectivity index is 0. The zero-order valence-corrected chi connectivity index (χ0v) is 13.8. The second-order valence-corrected chi connectivity index (χ2v) is 3.17. The molecule has 0 unspecified atom stereocenters. The Morgan fingerprint density at radius 3 is 1.15 bits per heavy atom. The van der Waals surface area contributed by atoms with Crippen LogP contribution in [0.3, 0.4) is 0 Å². The summed E-state index contributed by atoms with van der Waals surface area (Å²) in [5.74, 6) is 0. The summed E-state index contributed by atoms with van der Waals surface area (Å²) in [5, 5.41) is 0. The second-order valence-electron chi connectivity index (χ2n) is 3.17. The summed E-state index contributed by atoms with van der Waals surface area (Å²) in [6.45, 7) is 19.4. The molecule has 20 heavy (non-hydrogen) atoms. The van der Waals surface area contributed by atoms with Gasteiger partial charge in [0.15, 0.2) is 0 Å². The Labute approximate surface area is 124 Å². The Bertz CT molecular complexity index is 411. The minimum Gasteiger partial charge on any atom is -0.245 e. The molecule has 0 aliphatic heterocycles. The van der Waals surface area contributed by atoms with Crippen molar-refractivity contribution < 1.29 is 0 Å². The van der Waals surface area contributed by atoms with Gasteiger partial charge in [0.2, 0.25) is 0 Å². The normalized spacial score (nSPS) is 9.50. The van der Waals surface area contributed by atoms with Crippen LogP contribution in [-0.4, -0.2) is 9.97 Å². The Hall–Kier alpha value is -1.96. The molecular weight excluding hydrogens is 244 g/mol. The Kier molecular flexibility index (Phi) is 13.7. The molecule has 0 atom stereocenters. The van der Waals surface area contributed by atoms with E-state index in [1.165, 1.54) is 0 Å². The van der Waals surface area contributed by atoms with Crippen LogP contribution in [-0.2, 0) is 0 Å². The molecule has 1 rings (SSSR count). The fourth-order valence-corrected chi connectivity index (χ4v) is 1.35. The monoisotopic (exact) mass is 272 g/mol. The summed E-state index contributed by atoms with van der Waals surface area (Å²) in [4.78, 5) is 8.96. The van der Waals surface area contributed by atoms with Crippen LogP contribution < -0.4 is 0 Å². The molecule has 2 heteroatoms. The minimum absolute atomic E-state index is 0.789. The van der Waals surface area contributed by atoms with Crippen LogP contribution in [0.5, 0.6) is 0 Å². The van der Waals surface area contributed by atoms with E-state index in [0.29, 0.717) is 0 Å². The third-order valence-corrected chi connectivity index (χ3v) is 2.04. The summed E-state index contributed by atoms with van der Waals surface area (Å²) in [6.07, 6.45) is 11.1. The van der Waals surface area contributed by atoms with Gasteiger partial charge < -0.3 is 0 Å². The minimum atomic E-state index is 0.789. The maximum absolute atomic E-state index is 4.48. The number of rotatable bonds is 4. The highest BCUT2D eigenvalue weighted by Gasteiger charge is 2.05. The molecule has 0 saturated heterocycles. The first-order valence-corrected chi connectivity index (χ1v) is 7.19. The Morgan fingerprint density at radius 2 is 0.950 bits per heavy atom. The lowest BCUT2D eigenvalue weighted by atomic mass is 10.2. The zero-order valence-electron chi connectivity index (χ0n) is 13.8. The van der Waals surface area contributed by atoms with Crippen LogP contribution in [0.2, 0.25) is 0 Å². The van der Waals surface area contributed by atoms with E-state index in [-0.39, 0.29) is 0 Å². The van der Waals surface area contributed by atoms with Crippen LogP contribution in [0.25, 0.3) is 24.3 Å². The molecule has 1 heterocycles. The lowest BCUT2D eigenvalue weighted by molar-refractivity contribution is 1.12. The van der Waals surface area contributed by atoms with Crippen LogP contribution in [0.4, 0.5) is 0 Å². The van der Waals surface area contributed by atoms with Crippen LogP contribution in [0.15, 0.2) is 25.3 Å². The van der Waals surface area contributed by atoms with Gasteiger partial charge in [0.1, 0.15) is 0 Å². The van der Waals surface area contributed by atoms with Gasteiger partial charge in [0.05, 0.1) is 22.8 Å². The van der Waals surface area contributed by atoms with E-state index in [1.54, 1.807) is 12.2 Å². The van der Waals surface area contributed by atoms with Gasteiger partial charge in [-0.1, -0.05) is 53.0 Å². The van der Waals surface area contributed by atoms with Crippen molar-refractivity contribution in [1.29, 1.82) is 0 Å². The first-order valence-electron chi connectivity index (χ1n) is 7.19. The van der Waals surface area contributed by atoms with E-state index < -0.39 is 0 Å². The number of aromatic nitrogens is 2. The third-order valence-electron chi connectivity index (χ3n) is 2.04. The Morgan fingerprint density at radius 1 is 0.650 bits per heavy atom. The number of nitrogens with zero attached hydrogens (tertiary/aromatic N) is 2. The molecule has 0 saturated carbocycles. The van der Waals surface area contributed by atoms with Gasteiger partial charge in [0.25, 0.3) is 0 Å². The summed E-state index contributed by atoms with van der Waals surface area (Å²) >= 11 is 0. The van der Waals surface area contributed by atoms with Crippen LogP contribution in [0, 0.1) is 0 Å². The first-order chi connectivity index (χ1) is 9.76. The van der Waals surface area contributed by atoms with Crippen molar-refractivity contribution in [3.8, 4) is 0 Å². The molecule has 0 aromatic carbocycles. The van der Waals surface area contributed by atoms with Crippen molar-refractivity contribution in [2.24, 2.45) is 0 Å². The molecule has 0 bridgehead atoms. The van der Waals surface area contributed by atoms with Gasteiger partial charge in [-0.2, -0.15) is 0 Å². The van der Waals surface area contributed by atoms with Crippen LogP contribution >= 0.6 is 0 Å². The topological polar surface area (TPSA) is 25.8 Å². The molecule has 0 radical (unpaired) electrons. The summed E-state index contributed by atoms with van der Waals surface area (Å²) < 4.78 is 0. The molecular formula is C18H28N2. The van der Waals surface area contributed by atoms with Crippen molar-refractivity contribution in [2.45, 2.75) is 41.5 Å². The first kappa shape index (κ1) is 20.4. The number of hydrogen-bond donors (Lipinski definition) is 0. The van der Waals surface area contributed by atoms with E-state index in [2.05, 4.69) is 23.1 Å². The highest BCUT2D eigenvalue weighted by Crippen LogP contribution is 2.14. The second kappa shape index (κ2) is 13.5. The van der Waals surface area contributed by atoms with Crippen molar-refractivity contribution in [3.63, 3.8) is 0 Å². The average molecular weight is 272 g/mol. The standard InChI is InChI=1S/C14H16N2.2C2H6/c1-5-9-13-11(7-3)16-14(10-6-2)12(8-4)15-13;2*1-2/h5-10H,3-4H2,1-2H3;2*1-2H3/b9-5-,10-6-;;. The quantitative estimate of drug-likeness (QED) is 0.683. The largest absolute Gasteiger partial charge is 0.245 e. The van der Waals surface area contributed by atoms with Crippen molar-refractivity contribution in [1.82, 2.24) is 9.97 Å². The maximum atomic E-state index is 4.48. The van der Waals surface area contributed by atoms with E-state index in [0.717, 1.165) is 22.8 Å². The van der Waals surface area contributed by atoms with E-state index >= 15 is 0 Å². The van der Waals surface area contributed by atoms with Crippen molar-refractivity contribution in [2.75, 3.05) is 0 Å². The molecule has 0 N–H and O–H groups in total. The van der Waals surface area contributed by atoms with Gasteiger partial charge in [-0.25, -0.2) is 9.97 Å². The number of hydrogen-bond acceptors (Lipinski definition) is 2. The van der Waals surface area contributed by atoms with Gasteiger partial charge in [-0.15, -0.1) is 0 Å². The highest BCUT2D eigenvalue weighted by atomic mass is 14.8. The summed E-state index contributed by atoms with van der Waals surface area (Å²) in [7, 11) is 0. The summed E-state index contributed by atoms with van der Waals surface area (Å²) in [5.41, 5.74) is 3.22. The lowest BCUT2D eigenvalue weighted by Gasteiger charge is -2.05. The van der Waals surface area contributed by atoms with E-state index in [1.807, 2.05) is 65.8 Å². The average Bonchev–Trinajstić information content (AvgIpc) is 2.52. The van der Waals surface area contributed by atoms with Gasteiger partial charge in [-0.3, -0.25) is 0 Å². The van der Waals surface area contributed by atoms with Gasteiger partial charge in [0, 0.05) is 0 Å². The van der Waals surface area contributed by atoms with E-state index in [9.17, 15) is 0 Å². The predicted octanol–water partition coefficient (Wildman–Crippen LogP) is 5.88. The van der Waals surface area contributed by atoms with Crippen LogP contribution in [0.1, 0.15) is 64.3 Å². The molecule has 0 amide bonds.